The van der Waals surface area contributed by atoms with Crippen molar-refractivity contribution in [3.63, 3.8) is 0 Å². The largest absolute Gasteiger partial charge is 0.495 e. The smallest absolute Gasteiger partial charge is 0.179 e. The van der Waals surface area contributed by atoms with Crippen LogP contribution in [0.3, 0.4) is 0 Å². The molecule has 0 aliphatic carbocycles. The first-order valence-electron chi connectivity index (χ1n) is 6.02. The Morgan fingerprint density at radius 2 is 2.10 bits per heavy atom. The van der Waals surface area contributed by atoms with E-state index in [-0.39, 0.29) is 12.3 Å². The van der Waals surface area contributed by atoms with Crippen LogP contribution in [0.4, 0.5) is 0 Å². The number of nitrogens with zero attached hydrogens (tertiary/aromatic N) is 2. The van der Waals surface area contributed by atoms with Gasteiger partial charge in [0.25, 0.3) is 0 Å². The summed E-state index contributed by atoms with van der Waals surface area (Å²) in [5.74, 6) is 0.582. The highest BCUT2D eigenvalue weighted by atomic mass is 35.5. The second-order valence-electron chi connectivity index (χ2n) is 4.12. The van der Waals surface area contributed by atoms with Crippen LogP contribution in [0.1, 0.15) is 15.9 Å². The molecule has 0 bridgehead atoms. The fourth-order valence-electron chi connectivity index (χ4n) is 1.69. The summed E-state index contributed by atoms with van der Waals surface area (Å²) < 4.78 is 5.08. The summed E-state index contributed by atoms with van der Waals surface area (Å²) in [5, 5.41) is 3.61. The van der Waals surface area contributed by atoms with Crippen molar-refractivity contribution in [3.05, 3.63) is 53.1 Å². The van der Waals surface area contributed by atoms with Gasteiger partial charge in [0.15, 0.2) is 5.78 Å². The molecule has 0 atom stereocenters. The van der Waals surface area contributed by atoms with Crippen molar-refractivity contribution in [3.8, 4) is 5.75 Å². The summed E-state index contributed by atoms with van der Waals surface area (Å²) in [7, 11) is 1.57. The Bertz CT molecular complexity index is 590. The molecule has 0 unspecified atom stereocenters. The lowest BCUT2D eigenvalue weighted by Crippen LogP contribution is -2.22. The molecule has 0 saturated carbocycles. The molecule has 1 aromatic heterocycles. The zero-order valence-electron chi connectivity index (χ0n) is 11.0. The van der Waals surface area contributed by atoms with Gasteiger partial charge in [-0.1, -0.05) is 17.7 Å². The monoisotopic (exact) mass is 291 g/mol. The summed E-state index contributed by atoms with van der Waals surface area (Å²) >= 11 is 6.03. The lowest BCUT2D eigenvalue weighted by atomic mass is 10.2. The molecule has 0 fully saturated rings. The van der Waals surface area contributed by atoms with Crippen LogP contribution in [0.5, 0.6) is 5.75 Å². The molecular weight excluding hydrogens is 278 g/mol. The minimum Gasteiger partial charge on any atom is -0.495 e. The molecule has 20 heavy (non-hydrogen) atoms. The predicted octanol–water partition coefficient (Wildman–Crippen LogP) is 2.11. The van der Waals surface area contributed by atoms with Crippen LogP contribution in [-0.2, 0) is 6.54 Å². The summed E-state index contributed by atoms with van der Waals surface area (Å²) in [4.78, 5) is 19.4. The molecule has 0 saturated heterocycles. The number of methoxy groups -OCH3 is 1. The first-order chi connectivity index (χ1) is 9.70. The SMILES string of the molecule is COc1ccc(CNCC(=O)c2cncnc2)cc1Cl. The van der Waals surface area contributed by atoms with E-state index in [1.807, 2.05) is 12.1 Å². The van der Waals surface area contributed by atoms with E-state index in [4.69, 9.17) is 16.3 Å². The number of carbonyl (C=O) groups is 1. The number of nitrogens with one attached hydrogen (secondary N) is 1. The molecule has 1 N–H and O–H groups in total. The number of ether oxygens (including phenoxy) is 1. The molecule has 2 aromatic rings. The molecule has 0 aliphatic heterocycles. The van der Waals surface area contributed by atoms with Gasteiger partial charge in [-0.2, -0.15) is 0 Å². The average molecular weight is 292 g/mol. The summed E-state index contributed by atoms with van der Waals surface area (Å²) in [6.07, 6.45) is 4.39. The molecule has 1 heterocycles. The highest BCUT2D eigenvalue weighted by molar-refractivity contribution is 6.32. The van der Waals surface area contributed by atoms with Gasteiger partial charge in [0, 0.05) is 18.9 Å². The Morgan fingerprint density at radius 1 is 1.35 bits per heavy atom. The number of ketones is 1. The summed E-state index contributed by atoms with van der Waals surface area (Å²) in [6.45, 7) is 0.764. The van der Waals surface area contributed by atoms with Crippen LogP contribution in [-0.4, -0.2) is 29.4 Å². The van der Waals surface area contributed by atoms with Gasteiger partial charge < -0.3 is 10.1 Å². The second-order valence-corrected chi connectivity index (χ2v) is 4.53. The van der Waals surface area contributed by atoms with Gasteiger partial charge in [-0.15, -0.1) is 0 Å². The van der Waals surface area contributed by atoms with Gasteiger partial charge in [0.1, 0.15) is 12.1 Å². The number of Topliss-reactive ketones (excluding diaryl/α,β-unsaturated/α-hetero) is 1. The van der Waals surface area contributed by atoms with Crippen LogP contribution < -0.4 is 10.1 Å². The van der Waals surface area contributed by atoms with Gasteiger partial charge in [-0.3, -0.25) is 4.79 Å². The van der Waals surface area contributed by atoms with E-state index in [1.165, 1.54) is 18.7 Å². The number of benzene rings is 1. The third kappa shape index (κ3) is 3.76. The Labute approximate surface area is 122 Å². The van der Waals surface area contributed by atoms with Crippen LogP contribution in [0.15, 0.2) is 36.9 Å². The van der Waals surface area contributed by atoms with E-state index < -0.39 is 0 Å². The molecule has 104 valence electrons. The minimum atomic E-state index is -0.0507. The van der Waals surface area contributed by atoms with Crippen molar-refractivity contribution >= 4 is 17.4 Å². The maximum atomic E-state index is 11.8. The number of carbonyl (C=O) groups excluding carboxylic acids is 1. The Balaban J connectivity index is 1.87. The number of rotatable bonds is 6. The molecule has 0 spiro atoms. The van der Waals surface area contributed by atoms with E-state index in [2.05, 4.69) is 15.3 Å². The highest BCUT2D eigenvalue weighted by Crippen LogP contribution is 2.24. The van der Waals surface area contributed by atoms with Crippen molar-refractivity contribution in [2.75, 3.05) is 13.7 Å². The lowest BCUT2D eigenvalue weighted by molar-refractivity contribution is 0.0990. The minimum absolute atomic E-state index is 0.0507. The zero-order chi connectivity index (χ0) is 14.4. The third-order valence-electron chi connectivity index (χ3n) is 2.71. The van der Waals surface area contributed by atoms with Crippen molar-refractivity contribution in [1.29, 1.82) is 0 Å². The molecule has 0 aliphatic rings. The van der Waals surface area contributed by atoms with E-state index in [1.54, 1.807) is 13.2 Å². The standard InChI is InChI=1S/C14H14ClN3O2/c1-20-14-3-2-10(4-12(14)15)5-16-8-13(19)11-6-17-9-18-7-11/h2-4,6-7,9,16H,5,8H2,1H3. The fourth-order valence-corrected chi connectivity index (χ4v) is 1.97. The van der Waals surface area contributed by atoms with Crippen LogP contribution in [0, 0.1) is 0 Å². The topological polar surface area (TPSA) is 64.1 Å². The van der Waals surface area contributed by atoms with E-state index in [0.29, 0.717) is 22.9 Å². The number of hydrogen-bond acceptors (Lipinski definition) is 5. The summed E-state index contributed by atoms with van der Waals surface area (Å²) in [5.41, 5.74) is 1.47. The molecule has 6 heteroatoms. The normalized spacial score (nSPS) is 10.3. The van der Waals surface area contributed by atoms with E-state index in [0.717, 1.165) is 5.56 Å². The van der Waals surface area contributed by atoms with Gasteiger partial charge in [-0.25, -0.2) is 9.97 Å². The Kier molecular flexibility index (Phi) is 5.03. The molecular formula is C14H14ClN3O2. The lowest BCUT2D eigenvalue weighted by Gasteiger charge is -2.07. The average Bonchev–Trinajstić information content (AvgIpc) is 2.48. The quantitative estimate of drug-likeness (QED) is 0.826. The molecule has 5 nitrogen and oxygen atoms in total. The highest BCUT2D eigenvalue weighted by Gasteiger charge is 2.06. The van der Waals surface area contributed by atoms with Gasteiger partial charge in [-0.05, 0) is 17.7 Å². The third-order valence-corrected chi connectivity index (χ3v) is 3.01. The number of hydrogen-bond donors (Lipinski definition) is 1. The van der Waals surface area contributed by atoms with Crippen molar-refractivity contribution < 1.29 is 9.53 Å². The zero-order valence-corrected chi connectivity index (χ0v) is 11.7. The van der Waals surface area contributed by atoms with Crippen molar-refractivity contribution in [2.45, 2.75) is 6.54 Å². The van der Waals surface area contributed by atoms with E-state index in [9.17, 15) is 4.79 Å². The number of aromatic nitrogens is 2. The van der Waals surface area contributed by atoms with Gasteiger partial charge >= 0.3 is 0 Å². The molecule has 1 aromatic carbocycles. The predicted molar refractivity (Wildman–Crippen MR) is 76.1 cm³/mol. The van der Waals surface area contributed by atoms with Crippen LogP contribution >= 0.6 is 11.6 Å². The van der Waals surface area contributed by atoms with E-state index >= 15 is 0 Å². The summed E-state index contributed by atoms with van der Waals surface area (Å²) in [6, 6.07) is 5.50. The molecule has 0 radical (unpaired) electrons. The van der Waals surface area contributed by atoms with Crippen LogP contribution in [0.25, 0.3) is 0 Å². The first kappa shape index (κ1) is 14.4. The Hall–Kier alpha value is -1.98. The van der Waals surface area contributed by atoms with Gasteiger partial charge in [0.2, 0.25) is 0 Å². The van der Waals surface area contributed by atoms with Crippen molar-refractivity contribution in [2.24, 2.45) is 0 Å². The van der Waals surface area contributed by atoms with Crippen molar-refractivity contribution in [1.82, 2.24) is 15.3 Å². The second kappa shape index (κ2) is 6.98. The maximum Gasteiger partial charge on any atom is 0.179 e. The first-order valence-corrected chi connectivity index (χ1v) is 6.40. The maximum absolute atomic E-state index is 11.8. The van der Waals surface area contributed by atoms with Gasteiger partial charge in [0.05, 0.1) is 24.2 Å². The molecule has 0 amide bonds. The Morgan fingerprint density at radius 3 is 2.75 bits per heavy atom. The number of halogens is 1. The fraction of sp³-hybridized carbons (Fsp3) is 0.214. The van der Waals surface area contributed by atoms with Crippen LogP contribution in [0.2, 0.25) is 5.02 Å². The molecule has 2 rings (SSSR count).